The van der Waals surface area contributed by atoms with Crippen LogP contribution in [0.15, 0.2) is 59.6 Å². The van der Waals surface area contributed by atoms with Crippen LogP contribution >= 0.6 is 11.8 Å². The van der Waals surface area contributed by atoms with Gasteiger partial charge in [0.15, 0.2) is 11.5 Å². The average molecular weight is 410 g/mol. The molecule has 0 radical (unpaired) electrons. The lowest BCUT2D eigenvalue weighted by molar-refractivity contribution is -0.115. The van der Waals surface area contributed by atoms with Gasteiger partial charge in [0.25, 0.3) is 0 Å². The van der Waals surface area contributed by atoms with Gasteiger partial charge in [0.05, 0.1) is 25.2 Å². The van der Waals surface area contributed by atoms with Gasteiger partial charge in [-0.15, -0.1) is 0 Å². The molecular weight excluding hydrogens is 386 g/mol. The Bertz CT molecular complexity index is 996. The molecule has 2 aromatic carbocycles. The van der Waals surface area contributed by atoms with Crippen LogP contribution in [0.5, 0.6) is 11.5 Å². The normalized spacial score (nSPS) is 11.6. The molecule has 3 rings (SSSR count). The summed E-state index contributed by atoms with van der Waals surface area (Å²) in [7, 11) is 3.13. The van der Waals surface area contributed by atoms with Gasteiger partial charge in [-0.2, -0.15) is 0 Å². The summed E-state index contributed by atoms with van der Waals surface area (Å²) in [4.78, 5) is 21.6. The lowest BCUT2D eigenvalue weighted by Crippen LogP contribution is -2.22. The fourth-order valence-corrected chi connectivity index (χ4v) is 3.64. The molecule has 0 aliphatic rings. The highest BCUT2D eigenvalue weighted by Crippen LogP contribution is 2.31. The van der Waals surface area contributed by atoms with Gasteiger partial charge in [0, 0.05) is 17.3 Å². The summed E-state index contributed by atoms with van der Waals surface area (Å²) in [6.45, 7) is 3.70. The summed E-state index contributed by atoms with van der Waals surface area (Å²) in [5.74, 6) is 1.71. The van der Waals surface area contributed by atoms with Crippen molar-refractivity contribution in [3.8, 4) is 22.8 Å². The van der Waals surface area contributed by atoms with E-state index in [4.69, 9.17) is 9.47 Å². The third kappa shape index (κ3) is 5.26. The number of amides is 1. The summed E-state index contributed by atoms with van der Waals surface area (Å²) >= 11 is 1.39. The summed E-state index contributed by atoms with van der Waals surface area (Å²) in [6.07, 6.45) is 0. The van der Waals surface area contributed by atoms with Crippen LogP contribution in [0.2, 0.25) is 0 Å². The van der Waals surface area contributed by atoms with Crippen molar-refractivity contribution in [2.75, 3.05) is 19.5 Å². The highest BCUT2D eigenvalue weighted by Gasteiger charge is 2.17. The number of anilines is 1. The third-order valence-electron chi connectivity index (χ3n) is 4.20. The van der Waals surface area contributed by atoms with Crippen LogP contribution in [-0.2, 0) is 4.79 Å². The van der Waals surface area contributed by atoms with E-state index >= 15 is 0 Å². The van der Waals surface area contributed by atoms with Crippen molar-refractivity contribution < 1.29 is 14.3 Å². The monoisotopic (exact) mass is 409 g/mol. The van der Waals surface area contributed by atoms with Crippen molar-refractivity contribution in [1.29, 1.82) is 0 Å². The van der Waals surface area contributed by atoms with Crippen LogP contribution in [0.4, 0.5) is 5.69 Å². The molecule has 150 valence electrons. The highest BCUT2D eigenvalue weighted by molar-refractivity contribution is 8.00. The molecule has 0 aliphatic heterocycles. The number of rotatable bonds is 7. The number of hydrogen-bond donors (Lipinski definition) is 1. The van der Waals surface area contributed by atoms with E-state index in [1.165, 1.54) is 11.8 Å². The smallest absolute Gasteiger partial charge is 0.237 e. The predicted octanol–water partition coefficient (Wildman–Crippen LogP) is 4.59. The number of methoxy groups -OCH3 is 2. The summed E-state index contributed by atoms with van der Waals surface area (Å²) in [5, 5.41) is 3.32. The van der Waals surface area contributed by atoms with Crippen molar-refractivity contribution in [3.05, 3.63) is 60.4 Å². The Morgan fingerprint density at radius 3 is 2.41 bits per heavy atom. The van der Waals surface area contributed by atoms with E-state index in [-0.39, 0.29) is 11.2 Å². The van der Waals surface area contributed by atoms with Gasteiger partial charge in [0.2, 0.25) is 5.91 Å². The van der Waals surface area contributed by atoms with Crippen molar-refractivity contribution in [2.45, 2.75) is 24.1 Å². The van der Waals surface area contributed by atoms with E-state index in [1.807, 2.05) is 50.2 Å². The Hall–Kier alpha value is -3.06. The molecule has 3 aromatic rings. The van der Waals surface area contributed by atoms with E-state index in [1.54, 1.807) is 32.4 Å². The molecule has 1 unspecified atom stereocenters. The molecule has 29 heavy (non-hydrogen) atoms. The van der Waals surface area contributed by atoms with Gasteiger partial charge in [-0.25, -0.2) is 9.97 Å². The van der Waals surface area contributed by atoms with Crippen LogP contribution in [0.25, 0.3) is 11.3 Å². The maximum atomic E-state index is 12.7. The Balaban J connectivity index is 1.72. The molecule has 1 N–H and O–H groups in total. The Morgan fingerprint density at radius 1 is 1.00 bits per heavy atom. The summed E-state index contributed by atoms with van der Waals surface area (Å²) in [5.41, 5.74) is 2.50. The van der Waals surface area contributed by atoms with E-state index in [2.05, 4.69) is 15.3 Å². The lowest BCUT2D eigenvalue weighted by atomic mass is 10.1. The molecule has 1 aromatic heterocycles. The molecule has 0 saturated carbocycles. The van der Waals surface area contributed by atoms with Gasteiger partial charge >= 0.3 is 0 Å². The van der Waals surface area contributed by atoms with Crippen molar-refractivity contribution in [1.82, 2.24) is 9.97 Å². The predicted molar refractivity (Wildman–Crippen MR) is 116 cm³/mol. The molecular formula is C22H23N3O3S. The molecule has 7 heteroatoms. The SMILES string of the molecule is COc1ccc(NC(=O)C(C)Sc2cc(-c3ccccc3)nc(C)n2)cc1OC. The lowest BCUT2D eigenvalue weighted by Gasteiger charge is -2.14. The molecule has 1 atom stereocenters. The zero-order valence-corrected chi connectivity index (χ0v) is 17.6. The number of thioether (sulfide) groups is 1. The topological polar surface area (TPSA) is 73.3 Å². The average Bonchev–Trinajstić information content (AvgIpc) is 2.73. The highest BCUT2D eigenvalue weighted by atomic mass is 32.2. The van der Waals surface area contributed by atoms with Crippen LogP contribution < -0.4 is 14.8 Å². The molecule has 1 heterocycles. The zero-order valence-electron chi connectivity index (χ0n) is 16.8. The molecule has 0 saturated heterocycles. The first kappa shape index (κ1) is 20.7. The standard InChI is InChI=1S/C22H23N3O3S/c1-14(22(26)25-17-10-11-19(27-3)20(12-17)28-4)29-21-13-18(23-15(2)24-21)16-8-6-5-7-9-16/h5-14H,1-4H3,(H,25,26). The van der Waals surface area contributed by atoms with Gasteiger partial charge < -0.3 is 14.8 Å². The number of benzene rings is 2. The second-order valence-electron chi connectivity index (χ2n) is 6.32. The summed E-state index contributed by atoms with van der Waals surface area (Å²) < 4.78 is 10.5. The van der Waals surface area contributed by atoms with Crippen molar-refractivity contribution >= 4 is 23.4 Å². The fraction of sp³-hybridized carbons (Fsp3) is 0.227. The molecule has 0 spiro atoms. The van der Waals surface area contributed by atoms with E-state index in [0.29, 0.717) is 23.0 Å². The minimum absolute atomic E-state index is 0.125. The largest absolute Gasteiger partial charge is 0.493 e. The number of aromatic nitrogens is 2. The molecule has 1 amide bonds. The van der Waals surface area contributed by atoms with Crippen molar-refractivity contribution in [2.24, 2.45) is 0 Å². The van der Waals surface area contributed by atoms with E-state index < -0.39 is 0 Å². The number of carbonyl (C=O) groups excluding carboxylic acids is 1. The third-order valence-corrected chi connectivity index (χ3v) is 5.22. The fourth-order valence-electron chi connectivity index (χ4n) is 2.75. The number of nitrogens with zero attached hydrogens (tertiary/aromatic N) is 2. The first-order valence-electron chi connectivity index (χ1n) is 9.11. The molecule has 0 fully saturated rings. The zero-order chi connectivity index (χ0) is 20.8. The van der Waals surface area contributed by atoms with Crippen LogP contribution in [0, 0.1) is 6.92 Å². The number of nitrogens with one attached hydrogen (secondary N) is 1. The summed E-state index contributed by atoms with van der Waals surface area (Å²) in [6, 6.07) is 17.1. The van der Waals surface area contributed by atoms with Gasteiger partial charge in [-0.05, 0) is 32.0 Å². The van der Waals surface area contributed by atoms with Crippen molar-refractivity contribution in [3.63, 3.8) is 0 Å². The Labute approximate surface area is 174 Å². The number of carbonyl (C=O) groups is 1. The minimum atomic E-state index is -0.346. The first-order valence-corrected chi connectivity index (χ1v) is 9.98. The van der Waals surface area contributed by atoms with Crippen LogP contribution in [0.1, 0.15) is 12.7 Å². The van der Waals surface area contributed by atoms with Gasteiger partial charge in [0.1, 0.15) is 10.9 Å². The second kappa shape index (κ2) is 9.43. The Kier molecular flexibility index (Phi) is 6.72. The van der Waals surface area contributed by atoms with Crippen LogP contribution in [0.3, 0.4) is 0 Å². The number of aryl methyl sites for hydroxylation is 1. The second-order valence-corrected chi connectivity index (χ2v) is 7.68. The molecule has 0 bridgehead atoms. The maximum absolute atomic E-state index is 12.7. The maximum Gasteiger partial charge on any atom is 0.237 e. The van der Waals surface area contributed by atoms with E-state index in [9.17, 15) is 4.79 Å². The number of ether oxygens (including phenoxy) is 2. The van der Waals surface area contributed by atoms with Gasteiger partial charge in [-0.3, -0.25) is 4.79 Å². The minimum Gasteiger partial charge on any atom is -0.493 e. The van der Waals surface area contributed by atoms with E-state index in [0.717, 1.165) is 16.3 Å². The first-order chi connectivity index (χ1) is 14.0. The van der Waals surface area contributed by atoms with Crippen LogP contribution in [-0.4, -0.2) is 35.3 Å². The van der Waals surface area contributed by atoms with Gasteiger partial charge in [-0.1, -0.05) is 42.1 Å². The molecule has 0 aliphatic carbocycles. The Morgan fingerprint density at radius 2 is 1.72 bits per heavy atom. The number of hydrogen-bond acceptors (Lipinski definition) is 6. The quantitative estimate of drug-likeness (QED) is 0.455. The molecule has 6 nitrogen and oxygen atoms in total.